The fourth-order valence-electron chi connectivity index (χ4n) is 4.78. The minimum Gasteiger partial charge on any atom is -0.467 e. The van der Waals surface area contributed by atoms with Gasteiger partial charge in [-0.1, -0.05) is 11.2 Å². The summed E-state index contributed by atoms with van der Waals surface area (Å²) in [6.07, 6.45) is 0.822. The van der Waals surface area contributed by atoms with E-state index in [1.807, 2.05) is 24.3 Å². The van der Waals surface area contributed by atoms with Gasteiger partial charge < -0.3 is 33.2 Å². The number of furan rings is 1. The van der Waals surface area contributed by atoms with Crippen molar-refractivity contribution < 1.29 is 32.6 Å². The number of fused-ring (bicyclic) bond motifs is 1. The third kappa shape index (κ3) is 6.64. The van der Waals surface area contributed by atoms with Crippen LogP contribution < -0.4 is 14.4 Å². The minimum atomic E-state index is -0.769. The predicted molar refractivity (Wildman–Crippen MR) is 147 cm³/mol. The summed E-state index contributed by atoms with van der Waals surface area (Å²) in [6.45, 7) is 7.43. The van der Waals surface area contributed by atoms with Gasteiger partial charge in [-0.3, -0.25) is 4.90 Å². The molecule has 1 N–H and O–H groups in total. The molecule has 3 heterocycles. The van der Waals surface area contributed by atoms with E-state index in [-0.39, 0.29) is 25.8 Å². The quantitative estimate of drug-likeness (QED) is 0.226. The largest absolute Gasteiger partial charge is 0.467 e. The Morgan fingerprint density at radius 2 is 1.82 bits per heavy atom. The van der Waals surface area contributed by atoms with Crippen molar-refractivity contribution in [2.24, 2.45) is 0 Å². The number of aromatic nitrogens is 1. The Hall–Kier alpha value is -3.86. The summed E-state index contributed by atoms with van der Waals surface area (Å²) < 4.78 is 41.6. The highest BCUT2D eigenvalue weighted by Crippen LogP contribution is 2.35. The Labute approximate surface area is 232 Å². The van der Waals surface area contributed by atoms with Gasteiger partial charge in [0.1, 0.15) is 23.9 Å². The summed E-state index contributed by atoms with van der Waals surface area (Å²) in [5.74, 6) is 2.44. The van der Waals surface area contributed by atoms with Gasteiger partial charge in [0.15, 0.2) is 11.5 Å². The van der Waals surface area contributed by atoms with Crippen LogP contribution in [0.2, 0.25) is 0 Å². The van der Waals surface area contributed by atoms with Crippen LogP contribution in [0.3, 0.4) is 0 Å². The standard InChI is InChI=1S/C30H34FN3O6/c1-3-34(4-2)30-26(29(32-40-30)22-8-10-23(31)11-9-22)17-33(15-21-7-12-27-28(14-21)39-20-38-27)16-24(35)18-36-19-25-6-5-13-37-25/h5-14,24,35H,3-4,15-20H2,1-2H3/t24-/m0/s1. The third-order valence-corrected chi connectivity index (χ3v) is 6.76. The van der Waals surface area contributed by atoms with E-state index in [0.717, 1.165) is 29.8 Å². The van der Waals surface area contributed by atoms with Gasteiger partial charge >= 0.3 is 0 Å². The molecule has 5 rings (SSSR count). The SMILES string of the molecule is CCN(CC)c1onc(-c2ccc(F)cc2)c1CN(Cc1ccc2c(c1)OCO2)C[C@H](O)COCc1ccco1. The molecule has 9 nitrogen and oxygen atoms in total. The Morgan fingerprint density at radius 1 is 1.02 bits per heavy atom. The lowest BCUT2D eigenvalue weighted by molar-refractivity contribution is 0.00254. The van der Waals surface area contributed by atoms with Crippen molar-refractivity contribution in [3.8, 4) is 22.8 Å². The van der Waals surface area contributed by atoms with Crippen LogP contribution in [0.1, 0.15) is 30.7 Å². The van der Waals surface area contributed by atoms with E-state index in [1.54, 1.807) is 24.5 Å². The molecule has 0 saturated heterocycles. The maximum Gasteiger partial charge on any atom is 0.232 e. The second-order valence-corrected chi connectivity index (χ2v) is 9.60. The fourth-order valence-corrected chi connectivity index (χ4v) is 4.78. The first-order valence-electron chi connectivity index (χ1n) is 13.4. The van der Waals surface area contributed by atoms with Crippen molar-refractivity contribution in [3.63, 3.8) is 0 Å². The van der Waals surface area contributed by atoms with Gasteiger partial charge in [0.25, 0.3) is 0 Å². The molecule has 0 fully saturated rings. The lowest BCUT2D eigenvalue weighted by atomic mass is 10.1. The first-order valence-corrected chi connectivity index (χ1v) is 13.4. The molecule has 2 aromatic heterocycles. The maximum absolute atomic E-state index is 13.7. The molecule has 1 atom stereocenters. The monoisotopic (exact) mass is 551 g/mol. The van der Waals surface area contributed by atoms with Crippen LogP contribution in [-0.2, 0) is 24.4 Å². The molecule has 2 aromatic carbocycles. The molecule has 212 valence electrons. The maximum atomic E-state index is 13.7. The molecule has 1 aliphatic heterocycles. The van der Waals surface area contributed by atoms with Crippen molar-refractivity contribution in [1.82, 2.24) is 10.1 Å². The van der Waals surface area contributed by atoms with E-state index >= 15 is 0 Å². The van der Waals surface area contributed by atoms with Crippen molar-refractivity contribution in [2.45, 2.75) is 39.6 Å². The topological polar surface area (TPSA) is 93.6 Å². The van der Waals surface area contributed by atoms with Crippen LogP contribution in [-0.4, -0.2) is 54.3 Å². The van der Waals surface area contributed by atoms with Crippen molar-refractivity contribution >= 4 is 5.88 Å². The molecule has 0 radical (unpaired) electrons. The van der Waals surface area contributed by atoms with Crippen LogP contribution in [0.15, 0.2) is 69.8 Å². The number of anilines is 1. The highest BCUT2D eigenvalue weighted by Gasteiger charge is 2.25. The summed E-state index contributed by atoms with van der Waals surface area (Å²) in [4.78, 5) is 4.21. The number of hydrogen-bond donors (Lipinski definition) is 1. The summed E-state index contributed by atoms with van der Waals surface area (Å²) in [5.41, 5.74) is 3.25. The van der Waals surface area contributed by atoms with E-state index in [0.29, 0.717) is 48.5 Å². The normalized spacial score (nSPS) is 13.2. The van der Waals surface area contributed by atoms with Crippen LogP contribution in [0, 0.1) is 5.82 Å². The lowest BCUT2D eigenvalue weighted by Crippen LogP contribution is -2.35. The smallest absolute Gasteiger partial charge is 0.232 e. The van der Waals surface area contributed by atoms with Gasteiger partial charge in [0.05, 0.1) is 24.5 Å². The molecule has 0 aliphatic carbocycles. The second-order valence-electron chi connectivity index (χ2n) is 9.60. The number of benzene rings is 2. The number of rotatable bonds is 14. The highest BCUT2D eigenvalue weighted by molar-refractivity contribution is 5.68. The number of aliphatic hydroxyl groups is 1. The molecule has 40 heavy (non-hydrogen) atoms. The Kier molecular flexibility index (Phi) is 9.00. The molecular formula is C30H34FN3O6. The van der Waals surface area contributed by atoms with E-state index in [4.69, 9.17) is 23.2 Å². The molecule has 0 bridgehead atoms. The number of nitrogens with zero attached hydrogens (tertiary/aromatic N) is 3. The summed E-state index contributed by atoms with van der Waals surface area (Å²) in [7, 11) is 0. The van der Waals surface area contributed by atoms with Gasteiger partial charge in [-0.15, -0.1) is 0 Å². The van der Waals surface area contributed by atoms with Gasteiger partial charge in [0, 0.05) is 38.3 Å². The fraction of sp³-hybridized carbons (Fsp3) is 0.367. The van der Waals surface area contributed by atoms with Crippen LogP contribution >= 0.6 is 0 Å². The van der Waals surface area contributed by atoms with Gasteiger partial charge in [-0.2, -0.15) is 0 Å². The van der Waals surface area contributed by atoms with Crippen LogP contribution in [0.25, 0.3) is 11.3 Å². The molecule has 1 aliphatic rings. The van der Waals surface area contributed by atoms with Crippen molar-refractivity contribution in [3.05, 3.63) is 83.6 Å². The number of aliphatic hydroxyl groups excluding tert-OH is 1. The lowest BCUT2D eigenvalue weighted by Gasteiger charge is -2.27. The summed E-state index contributed by atoms with van der Waals surface area (Å²) in [5, 5.41) is 15.4. The summed E-state index contributed by atoms with van der Waals surface area (Å²) in [6, 6.07) is 15.7. The zero-order chi connectivity index (χ0) is 27.9. The van der Waals surface area contributed by atoms with E-state index < -0.39 is 6.10 Å². The number of halogens is 1. The van der Waals surface area contributed by atoms with Gasteiger partial charge in [-0.25, -0.2) is 4.39 Å². The molecule has 10 heteroatoms. The minimum absolute atomic E-state index is 0.135. The second kappa shape index (κ2) is 13.0. The Morgan fingerprint density at radius 3 is 2.58 bits per heavy atom. The highest BCUT2D eigenvalue weighted by atomic mass is 19.1. The molecule has 4 aromatic rings. The number of hydrogen-bond acceptors (Lipinski definition) is 9. The van der Waals surface area contributed by atoms with E-state index in [1.165, 1.54) is 12.1 Å². The summed E-state index contributed by atoms with van der Waals surface area (Å²) >= 11 is 0. The third-order valence-electron chi connectivity index (χ3n) is 6.76. The predicted octanol–water partition coefficient (Wildman–Crippen LogP) is 5.23. The number of ether oxygens (including phenoxy) is 3. The van der Waals surface area contributed by atoms with Crippen LogP contribution in [0.5, 0.6) is 11.5 Å². The molecule has 0 unspecified atom stereocenters. The molecule has 0 saturated carbocycles. The Balaban J connectivity index is 1.41. The van der Waals surface area contributed by atoms with E-state index in [2.05, 4.69) is 28.8 Å². The Bertz CT molecular complexity index is 1350. The van der Waals surface area contributed by atoms with Crippen molar-refractivity contribution in [1.29, 1.82) is 0 Å². The zero-order valence-electron chi connectivity index (χ0n) is 22.7. The van der Waals surface area contributed by atoms with Crippen molar-refractivity contribution in [2.75, 3.05) is 37.9 Å². The molecule has 0 amide bonds. The zero-order valence-corrected chi connectivity index (χ0v) is 22.7. The molecular weight excluding hydrogens is 517 g/mol. The van der Waals surface area contributed by atoms with Crippen LogP contribution in [0.4, 0.5) is 10.3 Å². The van der Waals surface area contributed by atoms with Gasteiger partial charge in [0.2, 0.25) is 12.7 Å². The first-order chi connectivity index (χ1) is 19.5. The van der Waals surface area contributed by atoms with E-state index in [9.17, 15) is 9.50 Å². The van der Waals surface area contributed by atoms with Gasteiger partial charge in [-0.05, 0) is 67.9 Å². The first kappa shape index (κ1) is 27.7. The average molecular weight is 552 g/mol. The molecule has 0 spiro atoms. The average Bonchev–Trinajstić information content (AvgIpc) is 3.72.